The Morgan fingerprint density at radius 2 is 2.08 bits per heavy atom. The first kappa shape index (κ1) is 9.22. The molecule has 0 unspecified atom stereocenters. The van der Waals surface area contributed by atoms with E-state index in [9.17, 15) is 0 Å². The SMILES string of the molecule is CCCc1sc2ccccc2c1Br. The molecule has 2 aromatic rings. The van der Waals surface area contributed by atoms with Crippen LogP contribution in [0.1, 0.15) is 18.2 Å². The summed E-state index contributed by atoms with van der Waals surface area (Å²) in [7, 11) is 0. The molecule has 0 saturated carbocycles. The van der Waals surface area contributed by atoms with Crippen LogP contribution < -0.4 is 0 Å². The van der Waals surface area contributed by atoms with Gasteiger partial charge in [0.1, 0.15) is 0 Å². The molecule has 0 aliphatic carbocycles. The molecule has 2 rings (SSSR count). The average molecular weight is 255 g/mol. The molecule has 0 spiro atoms. The van der Waals surface area contributed by atoms with Crippen LogP contribution in [-0.4, -0.2) is 0 Å². The molecule has 0 saturated heterocycles. The third-order valence-corrected chi connectivity index (χ3v) is 4.48. The third kappa shape index (κ3) is 1.65. The lowest BCUT2D eigenvalue weighted by atomic mass is 10.2. The maximum Gasteiger partial charge on any atom is 0.0393 e. The number of halogens is 1. The number of hydrogen-bond donors (Lipinski definition) is 0. The van der Waals surface area contributed by atoms with Crippen LogP contribution in [-0.2, 0) is 6.42 Å². The van der Waals surface area contributed by atoms with Crippen molar-refractivity contribution in [1.82, 2.24) is 0 Å². The summed E-state index contributed by atoms with van der Waals surface area (Å²) < 4.78 is 2.69. The maximum absolute atomic E-state index is 3.66. The second-order valence-corrected chi connectivity index (χ2v) is 5.02. The van der Waals surface area contributed by atoms with Crippen LogP contribution >= 0.6 is 27.3 Å². The Kier molecular flexibility index (Phi) is 2.70. The van der Waals surface area contributed by atoms with Crippen LogP contribution in [0.25, 0.3) is 10.1 Å². The molecule has 0 radical (unpaired) electrons. The van der Waals surface area contributed by atoms with Crippen molar-refractivity contribution in [1.29, 1.82) is 0 Å². The van der Waals surface area contributed by atoms with Gasteiger partial charge in [-0.15, -0.1) is 11.3 Å². The summed E-state index contributed by atoms with van der Waals surface area (Å²) in [5.41, 5.74) is 0. The molecule has 1 heterocycles. The van der Waals surface area contributed by atoms with E-state index in [2.05, 4.69) is 47.1 Å². The van der Waals surface area contributed by atoms with Gasteiger partial charge in [0.2, 0.25) is 0 Å². The van der Waals surface area contributed by atoms with E-state index in [1.807, 2.05) is 11.3 Å². The maximum atomic E-state index is 3.66. The largest absolute Gasteiger partial charge is 0.139 e. The number of rotatable bonds is 2. The fraction of sp³-hybridized carbons (Fsp3) is 0.273. The second kappa shape index (κ2) is 3.81. The van der Waals surface area contributed by atoms with Crippen molar-refractivity contribution in [3.05, 3.63) is 33.6 Å². The van der Waals surface area contributed by atoms with Crippen LogP contribution in [0, 0.1) is 0 Å². The Balaban J connectivity index is 2.60. The van der Waals surface area contributed by atoms with E-state index >= 15 is 0 Å². The zero-order chi connectivity index (χ0) is 9.26. The molecular weight excluding hydrogens is 244 g/mol. The van der Waals surface area contributed by atoms with Gasteiger partial charge in [-0.1, -0.05) is 31.5 Å². The summed E-state index contributed by atoms with van der Waals surface area (Å²) in [6.45, 7) is 2.22. The Hall–Kier alpha value is -0.340. The lowest BCUT2D eigenvalue weighted by Crippen LogP contribution is -1.75. The minimum Gasteiger partial charge on any atom is -0.139 e. The smallest absolute Gasteiger partial charge is 0.0393 e. The molecule has 1 aromatic heterocycles. The van der Waals surface area contributed by atoms with Crippen molar-refractivity contribution < 1.29 is 0 Å². The highest BCUT2D eigenvalue weighted by Gasteiger charge is 2.07. The standard InChI is InChI=1S/C11H11BrS/c1-2-5-10-11(12)8-6-3-4-7-9(8)13-10/h3-4,6-7H,2,5H2,1H3. The van der Waals surface area contributed by atoms with Crippen molar-refractivity contribution in [3.63, 3.8) is 0 Å². The van der Waals surface area contributed by atoms with Gasteiger partial charge in [-0.3, -0.25) is 0 Å². The van der Waals surface area contributed by atoms with Crippen molar-refractivity contribution >= 4 is 37.4 Å². The summed E-state index contributed by atoms with van der Waals surface area (Å²) in [5, 5.41) is 1.36. The third-order valence-electron chi connectivity index (χ3n) is 2.08. The van der Waals surface area contributed by atoms with Crippen molar-refractivity contribution in [3.8, 4) is 0 Å². The summed E-state index contributed by atoms with van der Waals surface area (Å²) in [6.07, 6.45) is 2.39. The molecule has 2 heteroatoms. The van der Waals surface area contributed by atoms with Crippen LogP contribution in [0.4, 0.5) is 0 Å². The quantitative estimate of drug-likeness (QED) is 0.734. The fourth-order valence-corrected chi connectivity index (χ4v) is 3.57. The van der Waals surface area contributed by atoms with Gasteiger partial charge in [0.15, 0.2) is 0 Å². The van der Waals surface area contributed by atoms with Gasteiger partial charge in [0.25, 0.3) is 0 Å². The van der Waals surface area contributed by atoms with E-state index in [1.165, 1.54) is 32.3 Å². The first-order valence-electron chi connectivity index (χ1n) is 4.49. The first-order valence-corrected chi connectivity index (χ1v) is 6.09. The van der Waals surface area contributed by atoms with E-state index in [0.29, 0.717) is 0 Å². The van der Waals surface area contributed by atoms with E-state index < -0.39 is 0 Å². The molecular formula is C11H11BrS. The predicted octanol–water partition coefficient (Wildman–Crippen LogP) is 4.62. The molecule has 13 heavy (non-hydrogen) atoms. The topological polar surface area (TPSA) is 0 Å². The Morgan fingerprint density at radius 1 is 1.31 bits per heavy atom. The Morgan fingerprint density at radius 3 is 2.77 bits per heavy atom. The zero-order valence-electron chi connectivity index (χ0n) is 7.51. The van der Waals surface area contributed by atoms with Crippen LogP contribution in [0.15, 0.2) is 28.7 Å². The van der Waals surface area contributed by atoms with Gasteiger partial charge < -0.3 is 0 Å². The van der Waals surface area contributed by atoms with Crippen LogP contribution in [0.5, 0.6) is 0 Å². The number of benzene rings is 1. The Labute approximate surface area is 90.7 Å². The molecule has 0 aliphatic rings. The first-order chi connectivity index (χ1) is 6.33. The summed E-state index contributed by atoms with van der Waals surface area (Å²) in [5.74, 6) is 0. The molecule has 1 aromatic carbocycles. The summed E-state index contributed by atoms with van der Waals surface area (Å²) in [6, 6.07) is 8.55. The monoisotopic (exact) mass is 254 g/mol. The molecule has 0 bridgehead atoms. The van der Waals surface area contributed by atoms with Gasteiger partial charge in [-0.2, -0.15) is 0 Å². The second-order valence-electron chi connectivity index (χ2n) is 3.09. The summed E-state index contributed by atoms with van der Waals surface area (Å²) in [4.78, 5) is 1.48. The van der Waals surface area contributed by atoms with E-state index in [1.54, 1.807) is 0 Å². The van der Waals surface area contributed by atoms with Gasteiger partial charge in [0, 0.05) is 19.4 Å². The van der Waals surface area contributed by atoms with E-state index in [4.69, 9.17) is 0 Å². The van der Waals surface area contributed by atoms with Crippen molar-refractivity contribution in [2.45, 2.75) is 19.8 Å². The average Bonchev–Trinajstić information content (AvgIpc) is 2.46. The minimum atomic E-state index is 1.18. The number of fused-ring (bicyclic) bond motifs is 1. The molecule has 0 amide bonds. The van der Waals surface area contributed by atoms with Gasteiger partial charge in [0.05, 0.1) is 0 Å². The molecule has 0 aliphatic heterocycles. The highest BCUT2D eigenvalue weighted by molar-refractivity contribution is 9.10. The van der Waals surface area contributed by atoms with Crippen molar-refractivity contribution in [2.75, 3.05) is 0 Å². The van der Waals surface area contributed by atoms with Crippen LogP contribution in [0.2, 0.25) is 0 Å². The minimum absolute atomic E-state index is 1.18. The van der Waals surface area contributed by atoms with E-state index in [-0.39, 0.29) is 0 Å². The molecule has 68 valence electrons. The lowest BCUT2D eigenvalue weighted by molar-refractivity contribution is 0.937. The predicted molar refractivity (Wildman–Crippen MR) is 63.5 cm³/mol. The fourth-order valence-electron chi connectivity index (χ4n) is 1.45. The highest BCUT2D eigenvalue weighted by Crippen LogP contribution is 2.35. The van der Waals surface area contributed by atoms with Crippen molar-refractivity contribution in [2.24, 2.45) is 0 Å². The highest BCUT2D eigenvalue weighted by atomic mass is 79.9. The Bertz CT molecular complexity index is 417. The number of thiophene rings is 1. The molecule has 0 N–H and O–H groups in total. The number of aryl methyl sites for hydroxylation is 1. The lowest BCUT2D eigenvalue weighted by Gasteiger charge is -1.92. The van der Waals surface area contributed by atoms with E-state index in [0.717, 1.165) is 0 Å². The molecule has 0 nitrogen and oxygen atoms in total. The van der Waals surface area contributed by atoms with Crippen LogP contribution in [0.3, 0.4) is 0 Å². The van der Waals surface area contributed by atoms with Gasteiger partial charge in [-0.25, -0.2) is 0 Å². The zero-order valence-corrected chi connectivity index (χ0v) is 9.91. The van der Waals surface area contributed by atoms with Gasteiger partial charge >= 0.3 is 0 Å². The van der Waals surface area contributed by atoms with Gasteiger partial charge in [-0.05, 0) is 28.4 Å². The molecule has 0 fully saturated rings. The summed E-state index contributed by atoms with van der Waals surface area (Å²) >= 11 is 5.56. The normalized spacial score (nSPS) is 10.9. The number of hydrogen-bond acceptors (Lipinski definition) is 1. The molecule has 0 atom stereocenters.